The number of aromatic amines is 1. The topological polar surface area (TPSA) is 85.9 Å². The summed E-state index contributed by atoms with van der Waals surface area (Å²) in [5, 5.41) is 11.4. The third-order valence-corrected chi connectivity index (χ3v) is 7.75. The first-order valence-electron chi connectivity index (χ1n) is 12.1. The smallest absolute Gasteiger partial charge is 0.254 e. The summed E-state index contributed by atoms with van der Waals surface area (Å²) < 4.78 is 19.3. The van der Waals surface area contributed by atoms with E-state index in [1.54, 1.807) is 18.1 Å². The molecule has 1 aromatic heterocycles. The summed E-state index contributed by atoms with van der Waals surface area (Å²) >= 11 is 0. The molecule has 3 heterocycles. The van der Waals surface area contributed by atoms with Crippen LogP contribution in [-0.4, -0.2) is 65.1 Å². The second-order valence-electron chi connectivity index (χ2n) is 10.1. The van der Waals surface area contributed by atoms with Gasteiger partial charge in [-0.15, -0.1) is 0 Å². The van der Waals surface area contributed by atoms with E-state index in [0.29, 0.717) is 37.7 Å². The molecule has 6 rings (SSSR count). The number of ether oxygens (including phenoxy) is 1. The van der Waals surface area contributed by atoms with Crippen LogP contribution in [0.25, 0.3) is 10.9 Å². The highest BCUT2D eigenvalue weighted by atomic mass is 19.1. The fourth-order valence-electron chi connectivity index (χ4n) is 5.82. The van der Waals surface area contributed by atoms with Crippen LogP contribution in [0, 0.1) is 11.7 Å². The second-order valence-corrected chi connectivity index (χ2v) is 10.1. The number of carbonyl (C=O) groups is 2. The van der Waals surface area contributed by atoms with Crippen molar-refractivity contribution in [1.82, 2.24) is 14.8 Å². The Labute approximate surface area is 202 Å². The second kappa shape index (κ2) is 8.09. The number of amides is 2. The Morgan fingerprint density at radius 2 is 1.97 bits per heavy atom. The normalized spacial score (nSPS) is 20.6. The summed E-state index contributed by atoms with van der Waals surface area (Å²) in [5.74, 6) is 0.544. The van der Waals surface area contributed by atoms with Gasteiger partial charge in [0.2, 0.25) is 5.91 Å². The molecule has 0 radical (unpaired) electrons. The van der Waals surface area contributed by atoms with E-state index in [9.17, 15) is 19.1 Å². The van der Waals surface area contributed by atoms with Gasteiger partial charge in [-0.05, 0) is 54.7 Å². The summed E-state index contributed by atoms with van der Waals surface area (Å²) in [6, 6.07) is 10.8. The van der Waals surface area contributed by atoms with E-state index in [-0.39, 0.29) is 24.0 Å². The van der Waals surface area contributed by atoms with E-state index in [0.717, 1.165) is 35.0 Å². The van der Waals surface area contributed by atoms with E-state index < -0.39 is 17.3 Å². The molecule has 1 aliphatic carbocycles. The van der Waals surface area contributed by atoms with Gasteiger partial charge in [-0.3, -0.25) is 9.59 Å². The minimum absolute atomic E-state index is 0.161. The van der Waals surface area contributed by atoms with Crippen molar-refractivity contribution in [3.8, 4) is 5.75 Å². The summed E-state index contributed by atoms with van der Waals surface area (Å²) in [5.41, 5.74) is 2.44. The maximum atomic E-state index is 13.9. The van der Waals surface area contributed by atoms with Crippen LogP contribution >= 0.6 is 0 Å². The molecule has 2 amide bonds. The van der Waals surface area contributed by atoms with Crippen molar-refractivity contribution in [3.63, 3.8) is 0 Å². The lowest BCUT2D eigenvalue weighted by Crippen LogP contribution is -2.68. The first kappa shape index (κ1) is 22.1. The molecule has 3 aliphatic rings. The number of methoxy groups -OCH3 is 1. The molecule has 8 heteroatoms. The highest BCUT2D eigenvalue weighted by Gasteiger charge is 2.55. The number of aliphatic hydroxyl groups excluding tert-OH is 1. The number of aliphatic hydroxyl groups is 1. The Morgan fingerprint density at radius 1 is 1.17 bits per heavy atom. The highest BCUT2D eigenvalue weighted by Crippen LogP contribution is 2.49. The average molecular weight is 478 g/mol. The van der Waals surface area contributed by atoms with Crippen LogP contribution in [0.2, 0.25) is 0 Å². The van der Waals surface area contributed by atoms with Gasteiger partial charge in [0.15, 0.2) is 0 Å². The van der Waals surface area contributed by atoms with Gasteiger partial charge in [-0.1, -0.05) is 6.07 Å². The number of likely N-dealkylation sites (tertiary alicyclic amines) is 1. The van der Waals surface area contributed by atoms with Gasteiger partial charge in [0, 0.05) is 54.3 Å². The van der Waals surface area contributed by atoms with Crippen molar-refractivity contribution >= 4 is 22.7 Å². The van der Waals surface area contributed by atoms with Crippen molar-refractivity contribution < 1.29 is 23.8 Å². The molecule has 1 atom stereocenters. The third-order valence-electron chi connectivity index (χ3n) is 7.75. The van der Waals surface area contributed by atoms with E-state index in [1.165, 1.54) is 18.2 Å². The van der Waals surface area contributed by atoms with Crippen LogP contribution in [0.1, 0.15) is 46.9 Å². The van der Waals surface area contributed by atoms with Crippen molar-refractivity contribution in [3.05, 3.63) is 65.1 Å². The number of aromatic nitrogens is 1. The van der Waals surface area contributed by atoms with Crippen LogP contribution in [0.3, 0.4) is 0 Å². The zero-order chi connectivity index (χ0) is 24.3. The quantitative estimate of drug-likeness (QED) is 0.590. The fraction of sp³-hybridized carbons (Fsp3) is 0.407. The van der Waals surface area contributed by atoms with Crippen LogP contribution < -0.4 is 4.74 Å². The van der Waals surface area contributed by atoms with Gasteiger partial charge < -0.3 is 24.6 Å². The highest BCUT2D eigenvalue weighted by molar-refractivity contribution is 5.96. The maximum Gasteiger partial charge on any atom is 0.254 e. The van der Waals surface area contributed by atoms with Crippen LogP contribution in [0.4, 0.5) is 4.39 Å². The molecule has 2 aromatic carbocycles. The number of nitrogens with zero attached hydrogens (tertiary/aromatic N) is 2. The Morgan fingerprint density at radius 3 is 2.66 bits per heavy atom. The molecule has 35 heavy (non-hydrogen) atoms. The standard InChI is InChI=1S/C27H28FN3O4/c1-35-19-7-8-20-21(11-19)29-25-22(12-32)31(26(34)17-3-2-4-18(28)10-17)15-27(24(20)25)13-30(14-27)23(33)9-16-5-6-16/h2-4,7-8,10-11,16,22,29,32H,5-6,9,12-15H2,1H3/t22-/m1/s1. The van der Waals surface area contributed by atoms with Gasteiger partial charge in [-0.2, -0.15) is 0 Å². The summed E-state index contributed by atoms with van der Waals surface area (Å²) in [4.78, 5) is 33.4. The van der Waals surface area contributed by atoms with Crippen LogP contribution in [0.15, 0.2) is 42.5 Å². The van der Waals surface area contributed by atoms with Crippen molar-refractivity contribution in [2.24, 2.45) is 5.92 Å². The summed E-state index contributed by atoms with van der Waals surface area (Å²) in [7, 11) is 1.61. The lowest BCUT2D eigenvalue weighted by Gasteiger charge is -2.56. The largest absolute Gasteiger partial charge is 0.497 e. The van der Waals surface area contributed by atoms with Gasteiger partial charge in [-0.25, -0.2) is 4.39 Å². The third kappa shape index (κ3) is 3.58. The Hall–Kier alpha value is -3.39. The molecule has 2 aliphatic heterocycles. The lowest BCUT2D eigenvalue weighted by atomic mass is 9.68. The van der Waals surface area contributed by atoms with E-state index in [1.807, 2.05) is 23.1 Å². The van der Waals surface area contributed by atoms with Crippen molar-refractivity contribution in [1.29, 1.82) is 0 Å². The molecule has 1 saturated heterocycles. The Balaban J connectivity index is 1.43. The maximum absolute atomic E-state index is 13.9. The van der Waals surface area contributed by atoms with Gasteiger partial charge in [0.05, 0.1) is 25.2 Å². The first-order chi connectivity index (χ1) is 16.9. The molecule has 2 N–H and O–H groups in total. The summed E-state index contributed by atoms with van der Waals surface area (Å²) in [6.45, 7) is 1.08. The number of benzene rings is 2. The number of fused-ring (bicyclic) bond motifs is 4. The number of hydrogen-bond donors (Lipinski definition) is 2. The molecular weight excluding hydrogens is 449 g/mol. The number of halogens is 1. The zero-order valence-electron chi connectivity index (χ0n) is 19.6. The zero-order valence-corrected chi connectivity index (χ0v) is 19.6. The minimum Gasteiger partial charge on any atom is -0.497 e. The fourth-order valence-corrected chi connectivity index (χ4v) is 5.82. The van der Waals surface area contributed by atoms with Crippen LogP contribution in [0.5, 0.6) is 5.75 Å². The monoisotopic (exact) mass is 477 g/mol. The predicted octanol–water partition coefficient (Wildman–Crippen LogP) is 3.39. The number of carbonyl (C=O) groups excluding carboxylic acids is 2. The van der Waals surface area contributed by atoms with Crippen molar-refractivity contribution in [2.45, 2.75) is 30.7 Å². The van der Waals surface area contributed by atoms with E-state index in [4.69, 9.17) is 4.74 Å². The number of H-pyrrole nitrogens is 1. The molecule has 1 saturated carbocycles. The molecule has 182 valence electrons. The number of rotatable bonds is 5. The van der Waals surface area contributed by atoms with Gasteiger partial charge in [0.25, 0.3) is 5.91 Å². The summed E-state index contributed by atoms with van der Waals surface area (Å²) in [6.07, 6.45) is 2.82. The van der Waals surface area contributed by atoms with E-state index in [2.05, 4.69) is 4.98 Å². The van der Waals surface area contributed by atoms with Crippen molar-refractivity contribution in [2.75, 3.05) is 33.4 Å². The van der Waals surface area contributed by atoms with Gasteiger partial charge >= 0.3 is 0 Å². The van der Waals surface area contributed by atoms with Gasteiger partial charge in [0.1, 0.15) is 11.6 Å². The molecule has 2 fully saturated rings. The SMILES string of the molecule is COc1ccc2c3c([nH]c2c1)[C@@H](CO)N(C(=O)c1cccc(F)c1)CC31CN(C(=O)CC2CC2)C1. The predicted molar refractivity (Wildman–Crippen MR) is 128 cm³/mol. The molecular formula is C27H28FN3O4. The number of hydrogen-bond acceptors (Lipinski definition) is 4. The molecule has 3 aromatic rings. The Kier molecular flexibility index (Phi) is 5.11. The molecule has 7 nitrogen and oxygen atoms in total. The average Bonchev–Trinajstić information content (AvgIpc) is 3.57. The van der Waals surface area contributed by atoms with E-state index >= 15 is 0 Å². The molecule has 0 bridgehead atoms. The first-order valence-corrected chi connectivity index (χ1v) is 12.1. The lowest BCUT2D eigenvalue weighted by molar-refractivity contribution is -0.140. The molecule has 1 spiro atoms. The Bertz CT molecular complexity index is 1330. The number of nitrogens with one attached hydrogen (secondary N) is 1. The molecule has 0 unspecified atom stereocenters. The van der Waals surface area contributed by atoms with Crippen LogP contribution in [-0.2, 0) is 10.2 Å². The minimum atomic E-state index is -0.610.